The van der Waals surface area contributed by atoms with Crippen LogP contribution in [0.3, 0.4) is 0 Å². The molecule has 4 rings (SSSR count). The van der Waals surface area contributed by atoms with E-state index in [-0.39, 0.29) is 17.7 Å². The highest BCUT2D eigenvalue weighted by atomic mass is 16.2. The molecular formula is C21H23N5O2. The topological polar surface area (TPSA) is 79.6 Å². The molecule has 2 amide bonds. The predicted octanol–water partition coefficient (Wildman–Crippen LogP) is 2.21. The molecule has 4 heterocycles. The van der Waals surface area contributed by atoms with E-state index in [1.807, 2.05) is 52.8 Å². The molecule has 0 saturated carbocycles. The molecule has 1 aliphatic rings. The molecule has 7 heteroatoms. The van der Waals surface area contributed by atoms with Crippen LogP contribution >= 0.6 is 0 Å². The van der Waals surface area contributed by atoms with Gasteiger partial charge in [0.25, 0.3) is 5.91 Å². The number of likely N-dealkylation sites (tertiary alicyclic amines) is 1. The highest BCUT2D eigenvalue weighted by molar-refractivity contribution is 5.95. The monoisotopic (exact) mass is 377 g/mol. The van der Waals surface area contributed by atoms with Crippen LogP contribution in [0.4, 0.5) is 0 Å². The van der Waals surface area contributed by atoms with E-state index in [0.717, 1.165) is 16.9 Å². The first kappa shape index (κ1) is 18.2. The fourth-order valence-corrected chi connectivity index (χ4v) is 3.70. The maximum Gasteiger partial charge on any atom is 0.272 e. The van der Waals surface area contributed by atoms with Gasteiger partial charge in [0.05, 0.1) is 5.69 Å². The Morgan fingerprint density at radius 3 is 2.75 bits per heavy atom. The Morgan fingerprint density at radius 1 is 1.18 bits per heavy atom. The Morgan fingerprint density at radius 2 is 2.00 bits per heavy atom. The Balaban J connectivity index is 1.36. The molecule has 0 atom stereocenters. The van der Waals surface area contributed by atoms with Gasteiger partial charge in [-0.1, -0.05) is 12.1 Å². The normalized spacial score (nSPS) is 15.0. The molecule has 1 N–H and O–H groups in total. The summed E-state index contributed by atoms with van der Waals surface area (Å²) >= 11 is 0. The van der Waals surface area contributed by atoms with E-state index in [9.17, 15) is 9.59 Å². The van der Waals surface area contributed by atoms with E-state index in [2.05, 4.69) is 15.3 Å². The number of nitrogens with one attached hydrogen (secondary N) is 1. The molecule has 1 saturated heterocycles. The van der Waals surface area contributed by atoms with Gasteiger partial charge >= 0.3 is 0 Å². The number of rotatable bonds is 4. The fourth-order valence-electron chi connectivity index (χ4n) is 3.70. The minimum absolute atomic E-state index is 0.0228. The van der Waals surface area contributed by atoms with Crippen LogP contribution in [0.25, 0.3) is 5.65 Å². The predicted molar refractivity (Wildman–Crippen MR) is 105 cm³/mol. The van der Waals surface area contributed by atoms with Crippen molar-refractivity contribution in [2.75, 3.05) is 13.1 Å². The largest absolute Gasteiger partial charge is 0.352 e. The van der Waals surface area contributed by atoms with E-state index >= 15 is 0 Å². The number of imidazole rings is 1. The molecule has 0 bridgehead atoms. The number of hydrogen-bond acceptors (Lipinski definition) is 4. The van der Waals surface area contributed by atoms with Crippen LogP contribution < -0.4 is 5.32 Å². The molecule has 0 aromatic carbocycles. The lowest BCUT2D eigenvalue weighted by Gasteiger charge is -2.31. The number of piperidine rings is 1. The number of carbonyl (C=O) groups excluding carboxylic acids is 2. The van der Waals surface area contributed by atoms with Gasteiger partial charge in [-0.15, -0.1) is 0 Å². The summed E-state index contributed by atoms with van der Waals surface area (Å²) in [6.45, 7) is 3.48. The number of carbonyl (C=O) groups is 2. The average molecular weight is 377 g/mol. The first-order valence-electron chi connectivity index (χ1n) is 9.53. The van der Waals surface area contributed by atoms with Crippen molar-refractivity contribution in [3.63, 3.8) is 0 Å². The summed E-state index contributed by atoms with van der Waals surface area (Å²) in [5.41, 5.74) is 3.09. The second-order valence-corrected chi connectivity index (χ2v) is 7.12. The first-order chi connectivity index (χ1) is 13.6. The van der Waals surface area contributed by atoms with Crippen LogP contribution in [0.1, 0.15) is 34.6 Å². The Kier molecular flexibility index (Phi) is 5.06. The molecule has 7 nitrogen and oxygen atoms in total. The minimum atomic E-state index is -0.0657. The molecule has 144 valence electrons. The van der Waals surface area contributed by atoms with E-state index in [4.69, 9.17) is 0 Å². The van der Waals surface area contributed by atoms with Gasteiger partial charge in [0, 0.05) is 44.1 Å². The zero-order valence-corrected chi connectivity index (χ0v) is 15.8. The van der Waals surface area contributed by atoms with Gasteiger partial charge in [-0.05, 0) is 43.5 Å². The molecule has 3 aromatic heterocycles. The van der Waals surface area contributed by atoms with Gasteiger partial charge in [0.2, 0.25) is 5.91 Å². The summed E-state index contributed by atoms with van der Waals surface area (Å²) in [6.07, 6.45) is 6.66. The third-order valence-corrected chi connectivity index (χ3v) is 5.25. The van der Waals surface area contributed by atoms with Crippen molar-refractivity contribution >= 4 is 17.5 Å². The van der Waals surface area contributed by atoms with Crippen LogP contribution in [0, 0.1) is 12.8 Å². The summed E-state index contributed by atoms with van der Waals surface area (Å²) in [4.78, 5) is 35.9. The molecule has 0 spiro atoms. The Labute approximate surface area is 163 Å². The van der Waals surface area contributed by atoms with Crippen LogP contribution in [-0.2, 0) is 11.3 Å². The van der Waals surface area contributed by atoms with Crippen LogP contribution in [0.15, 0.2) is 48.9 Å². The summed E-state index contributed by atoms with van der Waals surface area (Å²) in [5, 5.41) is 2.98. The zero-order chi connectivity index (χ0) is 19.5. The quantitative estimate of drug-likeness (QED) is 0.756. The molecule has 3 aromatic rings. The second-order valence-electron chi connectivity index (χ2n) is 7.12. The SMILES string of the molecule is Cc1nc2ccccn2c1C(=O)N1CCC(C(=O)NCc2cccnc2)CC1. The molecular weight excluding hydrogens is 354 g/mol. The number of hydrogen-bond donors (Lipinski definition) is 1. The van der Waals surface area contributed by atoms with Gasteiger partial charge in [-0.25, -0.2) is 4.98 Å². The second kappa shape index (κ2) is 7.80. The van der Waals surface area contributed by atoms with Crippen LogP contribution in [0.2, 0.25) is 0 Å². The zero-order valence-electron chi connectivity index (χ0n) is 15.8. The van der Waals surface area contributed by atoms with Gasteiger partial charge in [-0.2, -0.15) is 0 Å². The highest BCUT2D eigenvalue weighted by Gasteiger charge is 2.29. The van der Waals surface area contributed by atoms with Crippen molar-refractivity contribution in [2.24, 2.45) is 5.92 Å². The van der Waals surface area contributed by atoms with Crippen molar-refractivity contribution in [3.8, 4) is 0 Å². The average Bonchev–Trinajstić information content (AvgIpc) is 3.08. The molecule has 28 heavy (non-hydrogen) atoms. The van der Waals surface area contributed by atoms with Crippen molar-refractivity contribution in [3.05, 3.63) is 65.9 Å². The summed E-state index contributed by atoms with van der Waals surface area (Å²) < 4.78 is 1.84. The number of pyridine rings is 2. The summed E-state index contributed by atoms with van der Waals surface area (Å²) in [7, 11) is 0. The maximum atomic E-state index is 13.0. The third kappa shape index (κ3) is 3.60. The number of fused-ring (bicyclic) bond motifs is 1. The Bertz CT molecular complexity index is 990. The van der Waals surface area contributed by atoms with Crippen molar-refractivity contribution in [2.45, 2.75) is 26.3 Å². The van der Waals surface area contributed by atoms with Crippen molar-refractivity contribution < 1.29 is 9.59 Å². The molecule has 1 aliphatic heterocycles. The molecule has 0 unspecified atom stereocenters. The van der Waals surface area contributed by atoms with E-state index < -0.39 is 0 Å². The summed E-state index contributed by atoms with van der Waals surface area (Å²) in [5.74, 6) is -0.0450. The lowest BCUT2D eigenvalue weighted by atomic mass is 9.95. The van der Waals surface area contributed by atoms with Gasteiger partial charge in [0.15, 0.2) is 0 Å². The number of aromatic nitrogens is 3. The van der Waals surface area contributed by atoms with Gasteiger partial charge < -0.3 is 10.2 Å². The lowest BCUT2D eigenvalue weighted by Crippen LogP contribution is -2.43. The molecule has 1 fully saturated rings. The van der Waals surface area contributed by atoms with E-state index in [1.165, 1.54) is 0 Å². The fraction of sp³-hybridized carbons (Fsp3) is 0.333. The third-order valence-electron chi connectivity index (χ3n) is 5.25. The Hall–Kier alpha value is -3.22. The van der Waals surface area contributed by atoms with Crippen LogP contribution in [0.5, 0.6) is 0 Å². The summed E-state index contributed by atoms with van der Waals surface area (Å²) in [6, 6.07) is 9.48. The van der Waals surface area contributed by atoms with Crippen molar-refractivity contribution in [1.82, 2.24) is 24.6 Å². The lowest BCUT2D eigenvalue weighted by molar-refractivity contribution is -0.126. The smallest absolute Gasteiger partial charge is 0.272 e. The standard InChI is InChI=1S/C21H23N5O2/c1-15-19(26-10-3-2-6-18(26)24-15)21(28)25-11-7-17(8-12-25)20(27)23-14-16-5-4-9-22-13-16/h2-6,9-10,13,17H,7-8,11-12,14H2,1H3,(H,23,27). The van der Waals surface area contributed by atoms with Crippen molar-refractivity contribution in [1.29, 1.82) is 0 Å². The molecule has 0 aliphatic carbocycles. The van der Waals surface area contributed by atoms with E-state index in [1.54, 1.807) is 12.4 Å². The van der Waals surface area contributed by atoms with E-state index in [0.29, 0.717) is 38.2 Å². The molecule has 0 radical (unpaired) electrons. The van der Waals surface area contributed by atoms with Gasteiger partial charge in [0.1, 0.15) is 11.3 Å². The first-order valence-corrected chi connectivity index (χ1v) is 9.53. The number of amides is 2. The number of aryl methyl sites for hydroxylation is 1. The number of nitrogens with zero attached hydrogens (tertiary/aromatic N) is 4. The van der Waals surface area contributed by atoms with Gasteiger partial charge in [-0.3, -0.25) is 19.0 Å². The highest BCUT2D eigenvalue weighted by Crippen LogP contribution is 2.21. The minimum Gasteiger partial charge on any atom is -0.352 e. The van der Waals surface area contributed by atoms with Crippen LogP contribution in [-0.4, -0.2) is 44.2 Å². The maximum absolute atomic E-state index is 13.0.